The molecular weight excluding hydrogens is 238 g/mol. The molecule has 2 heterocycles. The van der Waals surface area contributed by atoms with Crippen LogP contribution in [0.5, 0.6) is 0 Å². The van der Waals surface area contributed by atoms with E-state index in [1.54, 1.807) is 0 Å². The van der Waals surface area contributed by atoms with Crippen molar-refractivity contribution in [2.75, 3.05) is 26.7 Å². The number of rotatable bonds is 6. The summed E-state index contributed by atoms with van der Waals surface area (Å²) in [5.41, 5.74) is 0. The first-order chi connectivity index (χ1) is 9.20. The van der Waals surface area contributed by atoms with Crippen LogP contribution >= 0.6 is 0 Å². The quantitative estimate of drug-likeness (QED) is 0.802. The molecule has 1 aromatic heterocycles. The molecule has 0 radical (unpaired) electrons. The third kappa shape index (κ3) is 4.05. The van der Waals surface area contributed by atoms with Crippen molar-refractivity contribution in [1.29, 1.82) is 0 Å². The van der Waals surface area contributed by atoms with Crippen LogP contribution in [0.2, 0.25) is 0 Å². The van der Waals surface area contributed by atoms with Crippen LogP contribution in [0.4, 0.5) is 0 Å². The van der Waals surface area contributed by atoms with Gasteiger partial charge in [0, 0.05) is 24.9 Å². The lowest BCUT2D eigenvalue weighted by atomic mass is 9.97. The predicted octanol–water partition coefficient (Wildman–Crippen LogP) is 2.41. The van der Waals surface area contributed by atoms with E-state index in [0.717, 1.165) is 37.6 Å². The summed E-state index contributed by atoms with van der Waals surface area (Å²) in [4.78, 5) is 7.03. The van der Waals surface area contributed by atoms with Gasteiger partial charge in [-0.2, -0.15) is 0 Å². The van der Waals surface area contributed by atoms with Crippen LogP contribution in [0.25, 0.3) is 0 Å². The minimum atomic E-state index is 0.481. The Labute approximate surface area is 116 Å². The van der Waals surface area contributed by atoms with E-state index in [-0.39, 0.29) is 0 Å². The summed E-state index contributed by atoms with van der Waals surface area (Å²) in [5.74, 6) is 2.46. The highest BCUT2D eigenvalue weighted by atomic mass is 16.4. The molecule has 1 atom stereocenters. The Morgan fingerprint density at radius 3 is 3.11 bits per heavy atom. The fourth-order valence-corrected chi connectivity index (χ4v) is 2.74. The van der Waals surface area contributed by atoms with Crippen molar-refractivity contribution in [3.8, 4) is 0 Å². The molecule has 0 amide bonds. The van der Waals surface area contributed by atoms with Crippen LogP contribution in [0.15, 0.2) is 10.6 Å². The van der Waals surface area contributed by atoms with Gasteiger partial charge in [-0.05, 0) is 53.2 Å². The Bertz CT molecular complexity index is 375. The van der Waals surface area contributed by atoms with Crippen molar-refractivity contribution in [2.24, 2.45) is 0 Å². The molecule has 1 N–H and O–H groups in total. The lowest BCUT2D eigenvalue weighted by Crippen LogP contribution is -2.39. The lowest BCUT2D eigenvalue weighted by Gasteiger charge is -2.34. The first-order valence-electron chi connectivity index (χ1n) is 7.54. The van der Waals surface area contributed by atoms with Gasteiger partial charge in [-0.25, -0.2) is 4.98 Å². The van der Waals surface area contributed by atoms with E-state index in [1.165, 1.54) is 19.4 Å². The Morgan fingerprint density at radius 1 is 1.53 bits per heavy atom. The molecule has 1 aliphatic rings. The van der Waals surface area contributed by atoms with E-state index in [2.05, 4.69) is 29.0 Å². The minimum absolute atomic E-state index is 0.481. The highest BCUT2D eigenvalue weighted by molar-refractivity contribution is 5.01. The molecule has 108 valence electrons. The number of aromatic nitrogens is 1. The van der Waals surface area contributed by atoms with Crippen LogP contribution < -0.4 is 5.32 Å². The summed E-state index contributed by atoms with van der Waals surface area (Å²) in [5, 5.41) is 3.16. The second kappa shape index (κ2) is 7.06. The monoisotopic (exact) mass is 265 g/mol. The Hall–Kier alpha value is -0.870. The Morgan fingerprint density at radius 2 is 2.37 bits per heavy atom. The Balaban J connectivity index is 1.90. The molecule has 1 saturated heterocycles. The number of nitrogens with one attached hydrogen (secondary N) is 1. The SMILES string of the molecule is CNCCCc1cnc(C2CCCN(C(C)C)C2)o1. The van der Waals surface area contributed by atoms with Crippen LogP contribution in [-0.4, -0.2) is 42.6 Å². The zero-order valence-electron chi connectivity index (χ0n) is 12.5. The van der Waals surface area contributed by atoms with Gasteiger partial charge in [0.1, 0.15) is 5.76 Å². The van der Waals surface area contributed by atoms with Gasteiger partial charge in [-0.15, -0.1) is 0 Å². The predicted molar refractivity (Wildman–Crippen MR) is 77.4 cm³/mol. The lowest BCUT2D eigenvalue weighted by molar-refractivity contribution is 0.156. The summed E-state index contributed by atoms with van der Waals surface area (Å²) in [7, 11) is 1.98. The maximum atomic E-state index is 5.93. The number of hydrogen-bond donors (Lipinski definition) is 1. The summed E-state index contributed by atoms with van der Waals surface area (Å²) >= 11 is 0. The molecular formula is C15H27N3O. The van der Waals surface area contributed by atoms with E-state index >= 15 is 0 Å². The van der Waals surface area contributed by atoms with Crippen molar-refractivity contribution >= 4 is 0 Å². The number of likely N-dealkylation sites (tertiary alicyclic amines) is 1. The minimum Gasteiger partial charge on any atom is -0.445 e. The van der Waals surface area contributed by atoms with E-state index in [1.807, 2.05) is 13.2 Å². The standard InChI is InChI=1S/C15H27N3O/c1-12(2)18-9-5-6-13(11-18)15-17-10-14(19-15)7-4-8-16-3/h10,12-13,16H,4-9,11H2,1-3H3. The van der Waals surface area contributed by atoms with E-state index < -0.39 is 0 Å². The summed E-state index contributed by atoms with van der Waals surface area (Å²) in [6, 6.07) is 0.618. The second-order valence-corrected chi connectivity index (χ2v) is 5.80. The highest BCUT2D eigenvalue weighted by Crippen LogP contribution is 2.27. The smallest absolute Gasteiger partial charge is 0.198 e. The van der Waals surface area contributed by atoms with Gasteiger partial charge in [0.25, 0.3) is 0 Å². The van der Waals surface area contributed by atoms with Gasteiger partial charge in [-0.1, -0.05) is 0 Å². The molecule has 0 aromatic carbocycles. The average molecular weight is 265 g/mol. The average Bonchev–Trinajstić information content (AvgIpc) is 2.88. The number of piperidine rings is 1. The number of oxazole rings is 1. The molecule has 1 unspecified atom stereocenters. The van der Waals surface area contributed by atoms with Gasteiger partial charge >= 0.3 is 0 Å². The highest BCUT2D eigenvalue weighted by Gasteiger charge is 2.26. The topological polar surface area (TPSA) is 41.3 Å². The zero-order chi connectivity index (χ0) is 13.7. The van der Waals surface area contributed by atoms with E-state index in [4.69, 9.17) is 4.42 Å². The largest absolute Gasteiger partial charge is 0.445 e. The molecule has 4 heteroatoms. The fraction of sp³-hybridized carbons (Fsp3) is 0.800. The van der Waals surface area contributed by atoms with Gasteiger partial charge in [0.2, 0.25) is 0 Å². The normalized spacial score (nSPS) is 21.2. The third-order valence-corrected chi connectivity index (χ3v) is 3.95. The van der Waals surface area contributed by atoms with Crippen molar-refractivity contribution in [1.82, 2.24) is 15.2 Å². The molecule has 19 heavy (non-hydrogen) atoms. The summed E-state index contributed by atoms with van der Waals surface area (Å²) in [6.07, 6.45) is 6.46. The number of hydrogen-bond acceptors (Lipinski definition) is 4. The van der Waals surface area contributed by atoms with E-state index in [0.29, 0.717) is 12.0 Å². The molecule has 0 aliphatic carbocycles. The van der Waals surface area contributed by atoms with Crippen molar-refractivity contribution in [3.63, 3.8) is 0 Å². The second-order valence-electron chi connectivity index (χ2n) is 5.80. The van der Waals surface area contributed by atoms with E-state index in [9.17, 15) is 0 Å². The number of nitrogens with zero attached hydrogens (tertiary/aromatic N) is 2. The molecule has 1 aromatic rings. The van der Waals surface area contributed by atoms with Crippen LogP contribution in [0.3, 0.4) is 0 Å². The first-order valence-corrected chi connectivity index (χ1v) is 7.54. The van der Waals surface area contributed by atoms with Gasteiger partial charge < -0.3 is 14.6 Å². The zero-order valence-corrected chi connectivity index (χ0v) is 12.5. The molecule has 1 aliphatic heterocycles. The van der Waals surface area contributed by atoms with Gasteiger partial charge in [0.05, 0.1) is 6.20 Å². The summed E-state index contributed by atoms with van der Waals surface area (Å²) in [6.45, 7) is 7.86. The van der Waals surface area contributed by atoms with Crippen LogP contribution in [0.1, 0.15) is 50.7 Å². The molecule has 0 spiro atoms. The van der Waals surface area contributed by atoms with Gasteiger partial charge in [-0.3, -0.25) is 0 Å². The molecule has 2 rings (SSSR count). The van der Waals surface area contributed by atoms with Crippen LogP contribution in [0, 0.1) is 0 Å². The fourth-order valence-electron chi connectivity index (χ4n) is 2.74. The van der Waals surface area contributed by atoms with Gasteiger partial charge in [0.15, 0.2) is 5.89 Å². The van der Waals surface area contributed by atoms with Crippen molar-refractivity contribution in [3.05, 3.63) is 17.8 Å². The Kier molecular flexibility index (Phi) is 5.40. The molecule has 0 saturated carbocycles. The summed E-state index contributed by atoms with van der Waals surface area (Å²) < 4.78 is 5.93. The van der Waals surface area contributed by atoms with Crippen molar-refractivity contribution in [2.45, 2.75) is 51.5 Å². The molecule has 4 nitrogen and oxygen atoms in total. The molecule has 1 fully saturated rings. The number of aryl methyl sites for hydroxylation is 1. The van der Waals surface area contributed by atoms with Crippen LogP contribution in [-0.2, 0) is 6.42 Å². The maximum Gasteiger partial charge on any atom is 0.198 e. The van der Waals surface area contributed by atoms with Crippen molar-refractivity contribution < 1.29 is 4.42 Å². The first kappa shape index (κ1) is 14.5. The molecule has 0 bridgehead atoms. The third-order valence-electron chi connectivity index (χ3n) is 3.95. The maximum absolute atomic E-state index is 5.93.